The Labute approximate surface area is 66.5 Å². The topological polar surface area (TPSA) is 38.8 Å². The molecule has 2 heterocycles. The molecule has 2 saturated heterocycles. The third-order valence-corrected chi connectivity index (χ3v) is 4.62. The summed E-state index contributed by atoms with van der Waals surface area (Å²) in [5.41, 5.74) is 0. The molecule has 4 heteroatoms. The van der Waals surface area contributed by atoms with Crippen LogP contribution >= 0.6 is 7.37 Å². The Morgan fingerprint density at radius 2 is 2.18 bits per heavy atom. The lowest BCUT2D eigenvalue weighted by Gasteiger charge is -2.12. The van der Waals surface area contributed by atoms with Crippen LogP contribution in [0.3, 0.4) is 0 Å². The lowest BCUT2D eigenvalue weighted by atomic mass is 10.4. The van der Waals surface area contributed by atoms with Crippen molar-refractivity contribution in [2.45, 2.75) is 25.6 Å². The summed E-state index contributed by atoms with van der Waals surface area (Å²) >= 11 is 0. The number of epoxide rings is 1. The van der Waals surface area contributed by atoms with Crippen molar-refractivity contribution in [2.75, 3.05) is 18.9 Å². The second-order valence-electron chi connectivity index (χ2n) is 3.23. The van der Waals surface area contributed by atoms with Crippen LogP contribution in [0.5, 0.6) is 0 Å². The van der Waals surface area contributed by atoms with Crippen molar-refractivity contribution in [2.24, 2.45) is 0 Å². The van der Waals surface area contributed by atoms with Crippen LogP contribution in [0.4, 0.5) is 0 Å². The SMILES string of the molecule is CCCOP1(=O)CC2OC2C1. The predicted octanol–water partition coefficient (Wildman–Crippen LogP) is 1.47. The number of rotatable bonds is 3. The molecule has 2 unspecified atom stereocenters. The molecule has 0 radical (unpaired) electrons. The van der Waals surface area contributed by atoms with Crippen LogP contribution < -0.4 is 0 Å². The molecule has 0 aromatic carbocycles. The summed E-state index contributed by atoms with van der Waals surface area (Å²) in [6, 6.07) is 0. The van der Waals surface area contributed by atoms with Gasteiger partial charge >= 0.3 is 0 Å². The maximum atomic E-state index is 11.7. The molecule has 2 aliphatic rings. The first-order chi connectivity index (χ1) is 5.23. The van der Waals surface area contributed by atoms with Gasteiger partial charge in [-0.25, -0.2) is 0 Å². The van der Waals surface area contributed by atoms with Gasteiger partial charge in [0.1, 0.15) is 0 Å². The van der Waals surface area contributed by atoms with Gasteiger partial charge in [0.25, 0.3) is 0 Å². The number of ether oxygens (including phenoxy) is 1. The highest BCUT2D eigenvalue weighted by molar-refractivity contribution is 7.59. The molecule has 11 heavy (non-hydrogen) atoms. The highest BCUT2D eigenvalue weighted by Gasteiger charge is 2.54. The fourth-order valence-electron chi connectivity index (χ4n) is 1.49. The predicted molar refractivity (Wildman–Crippen MR) is 42.2 cm³/mol. The molecule has 2 aliphatic heterocycles. The first-order valence-electron chi connectivity index (χ1n) is 4.11. The molecule has 2 atom stereocenters. The zero-order valence-electron chi connectivity index (χ0n) is 6.66. The van der Waals surface area contributed by atoms with Gasteiger partial charge < -0.3 is 9.26 Å². The van der Waals surface area contributed by atoms with Crippen LogP contribution in [0.15, 0.2) is 0 Å². The fraction of sp³-hybridized carbons (Fsp3) is 1.00. The largest absolute Gasteiger partial charge is 0.368 e. The van der Waals surface area contributed by atoms with Gasteiger partial charge in [0.15, 0.2) is 0 Å². The van der Waals surface area contributed by atoms with Gasteiger partial charge in [-0.1, -0.05) is 6.92 Å². The zero-order chi connectivity index (χ0) is 7.90. The minimum Gasteiger partial charge on any atom is -0.368 e. The van der Waals surface area contributed by atoms with Crippen LogP contribution in [-0.2, 0) is 13.8 Å². The quantitative estimate of drug-likeness (QED) is 0.482. The lowest BCUT2D eigenvalue weighted by molar-refractivity contribution is 0.297. The first-order valence-corrected chi connectivity index (χ1v) is 6.11. The van der Waals surface area contributed by atoms with Gasteiger partial charge in [-0.2, -0.15) is 0 Å². The Balaban J connectivity index is 1.86. The second-order valence-corrected chi connectivity index (χ2v) is 5.84. The maximum Gasteiger partial charge on any atom is 0.208 e. The van der Waals surface area contributed by atoms with E-state index in [1.54, 1.807) is 0 Å². The van der Waals surface area contributed by atoms with E-state index in [0.717, 1.165) is 6.42 Å². The average molecular weight is 176 g/mol. The molecule has 0 aliphatic carbocycles. The van der Waals surface area contributed by atoms with E-state index in [0.29, 0.717) is 18.9 Å². The normalized spacial score (nSPS) is 47.4. The van der Waals surface area contributed by atoms with Crippen molar-refractivity contribution < 1.29 is 13.8 Å². The van der Waals surface area contributed by atoms with E-state index in [-0.39, 0.29) is 12.2 Å². The molecule has 64 valence electrons. The molecule has 0 N–H and O–H groups in total. The summed E-state index contributed by atoms with van der Waals surface area (Å²) < 4.78 is 22.2. The van der Waals surface area contributed by atoms with Crippen LogP contribution in [0.1, 0.15) is 13.3 Å². The monoisotopic (exact) mass is 176 g/mol. The van der Waals surface area contributed by atoms with Crippen LogP contribution in [-0.4, -0.2) is 31.1 Å². The van der Waals surface area contributed by atoms with E-state index in [4.69, 9.17) is 9.26 Å². The van der Waals surface area contributed by atoms with Crippen LogP contribution in [0, 0.1) is 0 Å². The fourth-order valence-corrected chi connectivity index (χ4v) is 4.10. The summed E-state index contributed by atoms with van der Waals surface area (Å²) in [5.74, 6) is 0. The van der Waals surface area contributed by atoms with Gasteiger partial charge in [-0.3, -0.25) is 4.57 Å². The van der Waals surface area contributed by atoms with E-state index >= 15 is 0 Å². The van der Waals surface area contributed by atoms with Gasteiger partial charge in [-0.15, -0.1) is 0 Å². The third kappa shape index (κ3) is 1.51. The molecule has 0 amide bonds. The molecule has 2 fully saturated rings. The van der Waals surface area contributed by atoms with Crippen molar-refractivity contribution in [1.82, 2.24) is 0 Å². The van der Waals surface area contributed by atoms with E-state index in [1.807, 2.05) is 6.92 Å². The smallest absolute Gasteiger partial charge is 0.208 e. The first kappa shape index (κ1) is 7.78. The second kappa shape index (κ2) is 2.58. The number of hydrogen-bond donors (Lipinski definition) is 0. The van der Waals surface area contributed by atoms with Crippen molar-refractivity contribution in [3.63, 3.8) is 0 Å². The van der Waals surface area contributed by atoms with Crippen molar-refractivity contribution in [1.29, 1.82) is 0 Å². The van der Waals surface area contributed by atoms with Gasteiger partial charge in [0.05, 0.1) is 31.1 Å². The van der Waals surface area contributed by atoms with Crippen LogP contribution in [0.2, 0.25) is 0 Å². The van der Waals surface area contributed by atoms with Crippen molar-refractivity contribution in [3.05, 3.63) is 0 Å². The Hall–Kier alpha value is 0.150. The lowest BCUT2D eigenvalue weighted by Crippen LogP contribution is -1.99. The van der Waals surface area contributed by atoms with E-state index < -0.39 is 7.37 Å². The minimum absolute atomic E-state index is 0.276. The van der Waals surface area contributed by atoms with Crippen LogP contribution in [0.25, 0.3) is 0 Å². The standard InChI is InChI=1S/C7H13O3P/c1-2-3-9-11(8)4-6-7(5-11)10-6/h6-7H,2-5H2,1H3. The molecule has 0 aromatic heterocycles. The molecular weight excluding hydrogens is 163 g/mol. The highest BCUT2D eigenvalue weighted by Crippen LogP contribution is 2.59. The summed E-state index contributed by atoms with van der Waals surface area (Å²) in [4.78, 5) is 0. The zero-order valence-corrected chi connectivity index (χ0v) is 7.55. The average Bonchev–Trinajstić information content (AvgIpc) is 2.57. The molecule has 0 spiro atoms. The summed E-state index contributed by atoms with van der Waals surface area (Å²) in [6.45, 7) is 2.66. The molecule has 0 aromatic rings. The maximum absolute atomic E-state index is 11.7. The molecule has 0 bridgehead atoms. The molecule has 3 nitrogen and oxygen atoms in total. The highest BCUT2D eigenvalue weighted by atomic mass is 31.2. The number of hydrogen-bond acceptors (Lipinski definition) is 3. The Morgan fingerprint density at radius 1 is 1.55 bits per heavy atom. The molecule has 0 saturated carbocycles. The molecule has 2 rings (SSSR count). The van der Waals surface area contributed by atoms with E-state index in [1.165, 1.54) is 0 Å². The van der Waals surface area contributed by atoms with Crippen molar-refractivity contribution in [3.8, 4) is 0 Å². The minimum atomic E-state index is -2.22. The summed E-state index contributed by atoms with van der Waals surface area (Å²) in [7, 11) is -2.22. The van der Waals surface area contributed by atoms with E-state index in [2.05, 4.69) is 0 Å². The third-order valence-electron chi connectivity index (χ3n) is 2.13. The van der Waals surface area contributed by atoms with E-state index in [9.17, 15) is 4.57 Å². The Bertz CT molecular complexity index is 190. The summed E-state index contributed by atoms with van der Waals surface area (Å²) in [6.07, 6.45) is 2.82. The van der Waals surface area contributed by atoms with Gasteiger partial charge in [0, 0.05) is 0 Å². The van der Waals surface area contributed by atoms with Crippen molar-refractivity contribution >= 4 is 7.37 Å². The summed E-state index contributed by atoms with van der Waals surface area (Å²) in [5, 5.41) is 0. The van der Waals surface area contributed by atoms with Gasteiger partial charge in [0.2, 0.25) is 7.37 Å². The Morgan fingerprint density at radius 3 is 2.73 bits per heavy atom. The Kier molecular flexibility index (Phi) is 1.82. The van der Waals surface area contributed by atoms with Gasteiger partial charge in [-0.05, 0) is 6.42 Å². The molecular formula is C7H13O3P. The number of fused-ring (bicyclic) bond motifs is 1.